The van der Waals surface area contributed by atoms with Gasteiger partial charge < -0.3 is 5.11 Å². The van der Waals surface area contributed by atoms with Crippen molar-refractivity contribution in [2.24, 2.45) is 16.7 Å². The molecule has 1 aliphatic carbocycles. The first kappa shape index (κ1) is 15.6. The Morgan fingerprint density at radius 2 is 1.70 bits per heavy atom. The van der Waals surface area contributed by atoms with E-state index < -0.39 is 18.0 Å². The average molecular weight is 308 g/mol. The van der Waals surface area contributed by atoms with Crippen molar-refractivity contribution in [1.82, 2.24) is 4.98 Å². The highest BCUT2D eigenvalue weighted by atomic mass is 35.5. The first-order valence-corrected chi connectivity index (χ1v) is 6.70. The normalized spacial score (nSPS) is 22.6. The third-order valence-corrected chi connectivity index (χ3v) is 5.24. The molecule has 0 bridgehead atoms. The molecule has 2 rings (SSSR count). The number of aliphatic hydroxyl groups excluding tert-OH is 1. The second kappa shape index (κ2) is 4.34. The van der Waals surface area contributed by atoms with Gasteiger partial charge in [-0.05, 0) is 16.9 Å². The number of hydrogen-bond donors (Lipinski definition) is 1. The lowest BCUT2D eigenvalue weighted by molar-refractivity contribution is -0.141. The molecule has 0 aliphatic heterocycles. The molecule has 112 valence electrons. The van der Waals surface area contributed by atoms with E-state index in [-0.39, 0.29) is 27.5 Å². The van der Waals surface area contributed by atoms with E-state index in [1.165, 1.54) is 6.07 Å². The van der Waals surface area contributed by atoms with Crippen molar-refractivity contribution in [2.45, 2.75) is 40.0 Å². The summed E-state index contributed by atoms with van der Waals surface area (Å²) in [5.74, 6) is -0.0639. The lowest BCUT2D eigenvalue weighted by Gasteiger charge is -2.15. The van der Waals surface area contributed by atoms with Crippen molar-refractivity contribution in [2.75, 3.05) is 0 Å². The molecule has 0 radical (unpaired) electrons. The van der Waals surface area contributed by atoms with Crippen molar-refractivity contribution in [3.05, 3.63) is 28.5 Å². The highest BCUT2D eigenvalue weighted by Gasteiger charge is 2.67. The van der Waals surface area contributed by atoms with Gasteiger partial charge in [-0.2, -0.15) is 13.2 Å². The standard InChI is InChI=1S/C14H17ClF3NO/c1-12(2)10(13(12,3)4)9(20)7-5-6-8(14(16,17)18)19-11(7)15/h5-6,9-10,20H,1-4H3. The van der Waals surface area contributed by atoms with Crippen LogP contribution in [0.2, 0.25) is 5.15 Å². The number of nitrogens with zero attached hydrogens (tertiary/aromatic N) is 1. The van der Waals surface area contributed by atoms with Crippen LogP contribution in [-0.2, 0) is 6.18 Å². The number of rotatable bonds is 2. The van der Waals surface area contributed by atoms with Gasteiger partial charge >= 0.3 is 6.18 Å². The van der Waals surface area contributed by atoms with E-state index in [2.05, 4.69) is 4.98 Å². The minimum Gasteiger partial charge on any atom is -0.388 e. The second-order valence-corrected chi connectivity index (χ2v) is 6.80. The summed E-state index contributed by atoms with van der Waals surface area (Å²) in [6, 6.07) is 2.07. The number of aliphatic hydroxyl groups is 1. The summed E-state index contributed by atoms with van der Waals surface area (Å²) in [4.78, 5) is 3.35. The summed E-state index contributed by atoms with van der Waals surface area (Å²) in [7, 11) is 0. The molecule has 20 heavy (non-hydrogen) atoms. The molecule has 1 aliphatic rings. The Hall–Kier alpha value is -0.810. The zero-order chi connectivity index (χ0) is 15.5. The van der Waals surface area contributed by atoms with Crippen LogP contribution < -0.4 is 0 Å². The van der Waals surface area contributed by atoms with Gasteiger partial charge in [0.2, 0.25) is 0 Å². The van der Waals surface area contributed by atoms with E-state index in [1.54, 1.807) is 0 Å². The van der Waals surface area contributed by atoms with Crippen LogP contribution in [-0.4, -0.2) is 10.1 Å². The van der Waals surface area contributed by atoms with Gasteiger partial charge in [0.05, 0.1) is 6.10 Å². The number of alkyl halides is 3. The van der Waals surface area contributed by atoms with Crippen LogP contribution >= 0.6 is 11.6 Å². The summed E-state index contributed by atoms with van der Waals surface area (Å²) >= 11 is 5.82. The van der Waals surface area contributed by atoms with Crippen LogP contribution in [0.4, 0.5) is 13.2 Å². The van der Waals surface area contributed by atoms with Crippen molar-refractivity contribution in [3.8, 4) is 0 Å². The SMILES string of the molecule is CC1(C)C(C(O)c2ccc(C(F)(F)F)nc2Cl)C1(C)C. The number of aromatic nitrogens is 1. The van der Waals surface area contributed by atoms with Gasteiger partial charge in [0, 0.05) is 11.5 Å². The van der Waals surface area contributed by atoms with Gasteiger partial charge in [0.1, 0.15) is 10.8 Å². The quantitative estimate of drug-likeness (QED) is 0.818. The van der Waals surface area contributed by atoms with Crippen LogP contribution in [0.1, 0.15) is 45.1 Å². The Morgan fingerprint density at radius 1 is 1.20 bits per heavy atom. The topological polar surface area (TPSA) is 33.1 Å². The van der Waals surface area contributed by atoms with Crippen molar-refractivity contribution >= 4 is 11.6 Å². The molecule has 1 saturated carbocycles. The van der Waals surface area contributed by atoms with Gasteiger partial charge in [-0.25, -0.2) is 4.98 Å². The lowest BCUT2D eigenvalue weighted by Crippen LogP contribution is -2.11. The molecule has 1 aromatic heterocycles. The molecule has 0 spiro atoms. The summed E-state index contributed by atoms with van der Waals surface area (Å²) in [6.45, 7) is 8.08. The first-order valence-electron chi connectivity index (χ1n) is 6.32. The van der Waals surface area contributed by atoms with Crippen LogP contribution in [0.25, 0.3) is 0 Å². The van der Waals surface area contributed by atoms with Gasteiger partial charge in [-0.15, -0.1) is 0 Å². The number of pyridine rings is 1. The zero-order valence-corrected chi connectivity index (χ0v) is 12.5. The molecule has 1 atom stereocenters. The van der Waals surface area contributed by atoms with E-state index in [9.17, 15) is 18.3 Å². The Labute approximate surface area is 121 Å². The maximum atomic E-state index is 12.5. The van der Waals surface area contributed by atoms with Crippen LogP contribution in [0.3, 0.4) is 0 Å². The largest absolute Gasteiger partial charge is 0.433 e. The Kier molecular flexibility index (Phi) is 3.38. The molecular weight excluding hydrogens is 291 g/mol. The van der Waals surface area contributed by atoms with Gasteiger partial charge in [-0.3, -0.25) is 0 Å². The lowest BCUT2D eigenvalue weighted by atomic mass is 10.0. The Bertz CT molecular complexity index is 526. The van der Waals surface area contributed by atoms with E-state index in [0.29, 0.717) is 0 Å². The fourth-order valence-corrected chi connectivity index (χ4v) is 3.31. The first-order chi connectivity index (χ1) is 8.90. The molecule has 6 heteroatoms. The third kappa shape index (κ3) is 2.21. The maximum Gasteiger partial charge on any atom is 0.433 e. The zero-order valence-electron chi connectivity index (χ0n) is 11.7. The van der Waals surface area contributed by atoms with Crippen molar-refractivity contribution < 1.29 is 18.3 Å². The smallest absolute Gasteiger partial charge is 0.388 e. The van der Waals surface area contributed by atoms with Crippen molar-refractivity contribution in [3.63, 3.8) is 0 Å². The molecule has 0 aromatic carbocycles. The van der Waals surface area contributed by atoms with Crippen molar-refractivity contribution in [1.29, 1.82) is 0 Å². The second-order valence-electron chi connectivity index (χ2n) is 6.44. The molecule has 1 heterocycles. The predicted octanol–water partition coefficient (Wildman–Crippen LogP) is 4.47. The molecule has 1 aromatic rings. The monoisotopic (exact) mass is 307 g/mol. The number of halogens is 4. The third-order valence-electron chi connectivity index (χ3n) is 4.93. The van der Waals surface area contributed by atoms with E-state index in [0.717, 1.165) is 6.07 Å². The predicted molar refractivity (Wildman–Crippen MR) is 70.3 cm³/mol. The summed E-state index contributed by atoms with van der Waals surface area (Å²) in [5, 5.41) is 10.1. The summed E-state index contributed by atoms with van der Waals surface area (Å²) in [6.07, 6.45) is -5.45. The highest BCUT2D eigenvalue weighted by molar-refractivity contribution is 6.30. The maximum absolute atomic E-state index is 12.5. The highest BCUT2D eigenvalue weighted by Crippen LogP contribution is 2.72. The minimum atomic E-state index is -4.54. The molecular formula is C14H17ClF3NO. The molecule has 1 fully saturated rings. The molecule has 2 nitrogen and oxygen atoms in total. The molecule has 0 saturated heterocycles. The summed E-state index contributed by atoms with van der Waals surface area (Å²) in [5.41, 5.74) is -0.993. The molecule has 1 unspecified atom stereocenters. The van der Waals surface area contributed by atoms with Crippen LogP contribution in [0, 0.1) is 16.7 Å². The molecule has 0 amide bonds. The molecule has 1 N–H and O–H groups in total. The fraction of sp³-hybridized carbons (Fsp3) is 0.643. The Balaban J connectivity index is 2.32. The van der Waals surface area contributed by atoms with Gasteiger partial charge in [0.25, 0.3) is 0 Å². The van der Waals surface area contributed by atoms with Crippen LogP contribution in [0.15, 0.2) is 12.1 Å². The summed E-state index contributed by atoms with van der Waals surface area (Å²) < 4.78 is 37.6. The van der Waals surface area contributed by atoms with E-state index >= 15 is 0 Å². The number of hydrogen-bond acceptors (Lipinski definition) is 2. The fourth-order valence-electron chi connectivity index (χ4n) is 3.04. The van der Waals surface area contributed by atoms with Crippen LogP contribution in [0.5, 0.6) is 0 Å². The van der Waals surface area contributed by atoms with Gasteiger partial charge in [0.15, 0.2) is 0 Å². The average Bonchev–Trinajstić information content (AvgIpc) is 2.67. The van der Waals surface area contributed by atoms with Gasteiger partial charge in [-0.1, -0.05) is 45.4 Å². The Morgan fingerprint density at radius 3 is 2.05 bits per heavy atom. The van der Waals surface area contributed by atoms with E-state index in [4.69, 9.17) is 11.6 Å². The van der Waals surface area contributed by atoms with E-state index in [1.807, 2.05) is 27.7 Å². The minimum absolute atomic E-state index is 0.0639.